The van der Waals surface area contributed by atoms with Gasteiger partial charge in [-0.05, 0) is 5.46 Å². The quantitative estimate of drug-likeness (QED) is 0.586. The zero-order valence-corrected chi connectivity index (χ0v) is 6.75. The third-order valence-corrected chi connectivity index (χ3v) is 1.61. The van der Waals surface area contributed by atoms with E-state index in [0.717, 1.165) is 24.3 Å². The molecular formula is C7H5BF4O2. The van der Waals surface area contributed by atoms with Gasteiger partial charge in [0.1, 0.15) is 0 Å². The number of halogens is 4. The lowest BCUT2D eigenvalue weighted by atomic mass is 9.80. The molecular weight excluding hydrogens is 203 g/mol. The van der Waals surface area contributed by atoms with Gasteiger partial charge >= 0.3 is 13.3 Å². The Balaban J connectivity index is 2.89. The molecule has 0 heterocycles. The summed E-state index contributed by atoms with van der Waals surface area (Å²) in [5, 5.41) is 8.74. The first-order chi connectivity index (χ1) is 6.45. The first kappa shape index (κ1) is 11.0. The second kappa shape index (κ2) is 3.97. The van der Waals surface area contributed by atoms with Gasteiger partial charge in [-0.15, -0.1) is 0 Å². The number of hydrogen-bond acceptors (Lipinski definition) is 2. The molecule has 0 spiro atoms. The summed E-state index contributed by atoms with van der Waals surface area (Å²) in [6.45, 7) is 0. The molecule has 0 aliphatic carbocycles. The molecule has 0 saturated heterocycles. The molecule has 14 heavy (non-hydrogen) atoms. The second-order valence-corrected chi connectivity index (χ2v) is 2.56. The van der Waals surface area contributed by atoms with Crippen LogP contribution in [0.25, 0.3) is 0 Å². The second-order valence-electron chi connectivity index (χ2n) is 2.56. The van der Waals surface area contributed by atoms with E-state index < -0.39 is 18.9 Å². The number of alkyl halides is 3. The van der Waals surface area contributed by atoms with E-state index in [1.54, 1.807) is 0 Å². The third kappa shape index (κ3) is 2.46. The normalized spacial score (nSPS) is 11.5. The molecule has 2 nitrogen and oxygen atoms in total. The minimum atomic E-state index is -4.44. The molecule has 0 aliphatic heterocycles. The highest BCUT2D eigenvalue weighted by Crippen LogP contribution is 2.28. The van der Waals surface area contributed by atoms with E-state index in [1.807, 2.05) is 0 Å². The monoisotopic (exact) mass is 208 g/mol. The summed E-state index contributed by atoms with van der Waals surface area (Å²) in [5.41, 5.74) is -0.951. The maximum Gasteiger partial charge on any atom is 0.529 e. The number of hydrogen-bond donors (Lipinski definition) is 1. The fourth-order valence-electron chi connectivity index (χ4n) is 0.888. The molecule has 0 atom stereocenters. The largest absolute Gasteiger partial charge is 0.529 e. The average molecular weight is 208 g/mol. The van der Waals surface area contributed by atoms with Gasteiger partial charge in [-0.1, -0.05) is 28.8 Å². The van der Waals surface area contributed by atoms with E-state index in [0.29, 0.717) is 0 Å². The van der Waals surface area contributed by atoms with E-state index in [9.17, 15) is 17.7 Å². The molecule has 0 unspecified atom stereocenters. The van der Waals surface area contributed by atoms with Crippen molar-refractivity contribution in [3.05, 3.63) is 29.8 Å². The van der Waals surface area contributed by atoms with Crippen molar-refractivity contribution in [3.63, 3.8) is 0 Å². The summed E-state index contributed by atoms with van der Waals surface area (Å²) in [4.78, 5) is 3.04. The van der Waals surface area contributed by atoms with Crippen LogP contribution >= 0.6 is 0 Å². The SMILES string of the molecule is OB(OF)c1ccc(C(F)(F)F)cc1. The molecule has 1 N–H and O–H groups in total. The Hall–Kier alpha value is -1.08. The molecule has 1 aromatic rings. The Morgan fingerprint density at radius 1 is 1.14 bits per heavy atom. The maximum absolute atomic E-state index is 12.0. The molecule has 0 aromatic heterocycles. The summed E-state index contributed by atoms with van der Waals surface area (Å²) in [6.07, 6.45) is -4.44. The first-order valence-corrected chi connectivity index (χ1v) is 3.58. The van der Waals surface area contributed by atoms with E-state index in [4.69, 9.17) is 5.02 Å². The van der Waals surface area contributed by atoms with Crippen LogP contribution in [0.15, 0.2) is 24.3 Å². The highest BCUT2D eigenvalue weighted by molar-refractivity contribution is 6.59. The topological polar surface area (TPSA) is 29.5 Å². The zero-order valence-electron chi connectivity index (χ0n) is 6.75. The average Bonchev–Trinajstić information content (AvgIpc) is 2.15. The number of rotatable bonds is 2. The minimum Gasteiger partial charge on any atom is -0.421 e. The molecule has 1 aromatic carbocycles. The maximum atomic E-state index is 12.0. The van der Waals surface area contributed by atoms with Gasteiger partial charge in [0.2, 0.25) is 0 Å². The standard InChI is InChI=1S/C7H5BF4O2/c9-7(10,11)5-1-3-6(4-2-5)8(13)14-12/h1-4,13H. The molecule has 0 amide bonds. The number of benzene rings is 1. The Labute approximate surface area is 77.2 Å². The van der Waals surface area contributed by atoms with Crippen LogP contribution in [0.1, 0.15) is 5.56 Å². The zero-order chi connectivity index (χ0) is 10.8. The van der Waals surface area contributed by atoms with Crippen LogP contribution in [-0.4, -0.2) is 12.1 Å². The van der Waals surface area contributed by atoms with Gasteiger partial charge in [0.05, 0.1) is 5.56 Å². The Bertz CT molecular complexity index is 298. The van der Waals surface area contributed by atoms with Crippen molar-refractivity contribution in [1.82, 2.24) is 0 Å². The molecule has 76 valence electrons. The molecule has 0 fully saturated rings. The van der Waals surface area contributed by atoms with Crippen LogP contribution in [0.4, 0.5) is 17.7 Å². The summed E-state index contributed by atoms with van der Waals surface area (Å²) in [5.74, 6) is 0. The lowest BCUT2D eigenvalue weighted by molar-refractivity contribution is -0.137. The highest BCUT2D eigenvalue weighted by Gasteiger charge is 2.30. The van der Waals surface area contributed by atoms with Gasteiger partial charge in [0.15, 0.2) is 0 Å². The van der Waals surface area contributed by atoms with Crippen molar-refractivity contribution in [2.24, 2.45) is 0 Å². The third-order valence-electron chi connectivity index (χ3n) is 1.61. The smallest absolute Gasteiger partial charge is 0.421 e. The molecule has 7 heteroatoms. The first-order valence-electron chi connectivity index (χ1n) is 3.58. The van der Waals surface area contributed by atoms with E-state index in [-0.39, 0.29) is 5.46 Å². The Morgan fingerprint density at radius 3 is 2.00 bits per heavy atom. The van der Waals surface area contributed by atoms with E-state index in [1.165, 1.54) is 0 Å². The van der Waals surface area contributed by atoms with E-state index in [2.05, 4.69) is 4.86 Å². The summed E-state index contributed by atoms with van der Waals surface area (Å²) < 4.78 is 47.5. The van der Waals surface area contributed by atoms with Crippen molar-refractivity contribution in [2.75, 3.05) is 0 Å². The van der Waals surface area contributed by atoms with Crippen LogP contribution < -0.4 is 5.46 Å². The van der Waals surface area contributed by atoms with Gasteiger partial charge in [0, 0.05) is 0 Å². The lowest BCUT2D eigenvalue weighted by Gasteiger charge is -2.07. The van der Waals surface area contributed by atoms with Crippen molar-refractivity contribution >= 4 is 12.6 Å². The predicted octanol–water partition coefficient (Wildman–Crippen LogP) is 1.29. The molecule has 0 bridgehead atoms. The summed E-state index contributed by atoms with van der Waals surface area (Å²) in [6, 6.07) is 3.34. The van der Waals surface area contributed by atoms with Crippen LogP contribution in [0.3, 0.4) is 0 Å². The van der Waals surface area contributed by atoms with Gasteiger partial charge in [-0.2, -0.15) is 13.2 Å². The summed E-state index contributed by atoms with van der Waals surface area (Å²) in [7, 11) is -1.85. The van der Waals surface area contributed by atoms with Crippen molar-refractivity contribution in [3.8, 4) is 0 Å². The fourth-order valence-corrected chi connectivity index (χ4v) is 0.888. The van der Waals surface area contributed by atoms with Crippen LogP contribution in [0, 0.1) is 0 Å². The van der Waals surface area contributed by atoms with Crippen LogP contribution in [0.2, 0.25) is 0 Å². The Morgan fingerprint density at radius 2 is 1.64 bits per heavy atom. The fraction of sp³-hybridized carbons (Fsp3) is 0.143. The van der Waals surface area contributed by atoms with Crippen molar-refractivity contribution < 1.29 is 27.6 Å². The van der Waals surface area contributed by atoms with E-state index >= 15 is 0 Å². The van der Waals surface area contributed by atoms with Gasteiger partial charge < -0.3 is 5.02 Å². The van der Waals surface area contributed by atoms with Crippen LogP contribution in [0.5, 0.6) is 0 Å². The van der Waals surface area contributed by atoms with Gasteiger partial charge in [0.25, 0.3) is 0 Å². The predicted molar refractivity (Wildman–Crippen MR) is 41.2 cm³/mol. The highest BCUT2D eigenvalue weighted by atomic mass is 19.4. The van der Waals surface area contributed by atoms with Gasteiger partial charge in [-0.3, -0.25) is 0 Å². The molecule has 0 aliphatic rings. The van der Waals surface area contributed by atoms with Crippen LogP contribution in [-0.2, 0) is 11.0 Å². The molecule has 0 radical (unpaired) electrons. The van der Waals surface area contributed by atoms with Crippen molar-refractivity contribution in [2.45, 2.75) is 6.18 Å². The van der Waals surface area contributed by atoms with Gasteiger partial charge in [-0.25, -0.2) is 4.86 Å². The lowest BCUT2D eigenvalue weighted by Crippen LogP contribution is -2.31. The molecule has 0 saturated carbocycles. The Kier molecular flexibility index (Phi) is 3.12. The minimum absolute atomic E-state index is 0.0829. The molecule has 1 rings (SSSR count). The van der Waals surface area contributed by atoms with Crippen molar-refractivity contribution in [1.29, 1.82) is 0 Å². The summed E-state index contributed by atoms with van der Waals surface area (Å²) >= 11 is 0.